The molecule has 19 heavy (non-hydrogen) atoms. The van der Waals surface area contributed by atoms with Gasteiger partial charge in [-0.1, -0.05) is 37.3 Å². The summed E-state index contributed by atoms with van der Waals surface area (Å²) in [5.41, 5.74) is 1.24. The van der Waals surface area contributed by atoms with Crippen molar-refractivity contribution in [1.29, 1.82) is 0 Å². The summed E-state index contributed by atoms with van der Waals surface area (Å²) in [5, 5.41) is 3.53. The van der Waals surface area contributed by atoms with Crippen LogP contribution in [0.25, 0.3) is 0 Å². The first-order chi connectivity index (χ1) is 9.33. The molecule has 1 aromatic rings. The average Bonchev–Trinajstić information content (AvgIpc) is 2.45. The van der Waals surface area contributed by atoms with Gasteiger partial charge in [-0.3, -0.25) is 0 Å². The van der Waals surface area contributed by atoms with Gasteiger partial charge in [0.2, 0.25) is 0 Å². The first-order valence-corrected chi connectivity index (χ1v) is 7.13. The third kappa shape index (κ3) is 5.46. The number of benzene rings is 1. The molecular weight excluding hydrogens is 234 g/mol. The van der Waals surface area contributed by atoms with Gasteiger partial charge >= 0.3 is 0 Å². The maximum Gasteiger partial charge on any atom is 0.0977 e. The normalized spacial score (nSPS) is 13.4. The topological polar surface area (TPSA) is 21.3 Å². The van der Waals surface area contributed by atoms with Crippen molar-refractivity contribution in [2.45, 2.75) is 45.8 Å². The Morgan fingerprint density at radius 2 is 1.95 bits per heavy atom. The van der Waals surface area contributed by atoms with Gasteiger partial charge in [0.1, 0.15) is 0 Å². The average molecular weight is 259 g/mol. The Morgan fingerprint density at radius 1 is 1.21 bits per heavy atom. The van der Waals surface area contributed by atoms with Crippen molar-refractivity contribution in [3.63, 3.8) is 0 Å². The Labute approximate surface area is 117 Å². The van der Waals surface area contributed by atoms with Gasteiger partial charge in [0, 0.05) is 19.1 Å². The Kier molecular flexibility index (Phi) is 7.97. The maximum absolute atomic E-state index is 5.96. The van der Waals surface area contributed by atoms with Gasteiger partial charge in [0.25, 0.3) is 0 Å². The third-order valence-corrected chi connectivity index (χ3v) is 3.06. The largest absolute Gasteiger partial charge is 0.372 e. The van der Waals surface area contributed by atoms with E-state index in [4.69, 9.17) is 4.74 Å². The molecule has 1 rings (SSSR count). The molecule has 2 unspecified atom stereocenters. The van der Waals surface area contributed by atoms with Crippen molar-refractivity contribution in [1.82, 2.24) is 5.32 Å². The monoisotopic (exact) mass is 259 g/mol. The van der Waals surface area contributed by atoms with E-state index in [0.717, 1.165) is 26.0 Å². The summed E-state index contributed by atoms with van der Waals surface area (Å²) in [4.78, 5) is 0. The zero-order valence-corrected chi connectivity index (χ0v) is 12.3. The van der Waals surface area contributed by atoms with Crippen LogP contribution in [0, 0.1) is 11.8 Å². The Balaban J connectivity index is 2.81. The highest BCUT2D eigenvalue weighted by Gasteiger charge is 2.22. The fourth-order valence-electron chi connectivity index (χ4n) is 2.24. The Morgan fingerprint density at radius 3 is 2.53 bits per heavy atom. The first-order valence-electron chi connectivity index (χ1n) is 7.13. The molecule has 104 valence electrons. The molecule has 0 radical (unpaired) electrons. The van der Waals surface area contributed by atoms with Gasteiger partial charge in [-0.2, -0.15) is 0 Å². The molecule has 0 spiro atoms. The number of ether oxygens (including phenoxy) is 1. The highest BCUT2D eigenvalue weighted by Crippen LogP contribution is 2.24. The number of nitrogens with one attached hydrogen (secondary N) is 1. The second kappa shape index (κ2) is 9.61. The second-order valence-corrected chi connectivity index (χ2v) is 4.42. The van der Waals surface area contributed by atoms with Gasteiger partial charge in [0.05, 0.1) is 6.10 Å². The fourth-order valence-corrected chi connectivity index (χ4v) is 2.24. The second-order valence-electron chi connectivity index (χ2n) is 4.42. The Bertz CT molecular complexity index is 391. The molecule has 2 heteroatoms. The molecular formula is C17H25NO. The van der Waals surface area contributed by atoms with Crippen LogP contribution in [0.1, 0.15) is 45.3 Å². The van der Waals surface area contributed by atoms with E-state index in [1.807, 2.05) is 19.9 Å². The SMILES string of the molecule is CC#CCCC(NCC)C(OCC)c1ccccc1. The minimum Gasteiger partial charge on any atom is -0.372 e. The van der Waals surface area contributed by atoms with Crippen molar-refractivity contribution < 1.29 is 4.74 Å². The van der Waals surface area contributed by atoms with E-state index in [0.29, 0.717) is 6.04 Å². The van der Waals surface area contributed by atoms with Gasteiger partial charge in [-0.25, -0.2) is 0 Å². The molecule has 0 amide bonds. The lowest BCUT2D eigenvalue weighted by molar-refractivity contribution is 0.0317. The van der Waals surface area contributed by atoms with Crippen molar-refractivity contribution in [3.05, 3.63) is 35.9 Å². The molecule has 0 aliphatic heterocycles. The lowest BCUT2D eigenvalue weighted by Gasteiger charge is -2.27. The minimum atomic E-state index is 0.102. The molecule has 0 aliphatic carbocycles. The zero-order chi connectivity index (χ0) is 13.9. The zero-order valence-electron chi connectivity index (χ0n) is 12.3. The van der Waals surface area contributed by atoms with Crippen LogP contribution < -0.4 is 5.32 Å². The van der Waals surface area contributed by atoms with Crippen LogP contribution >= 0.6 is 0 Å². The molecule has 0 heterocycles. The number of rotatable bonds is 8. The van der Waals surface area contributed by atoms with Crippen molar-refractivity contribution in [3.8, 4) is 11.8 Å². The molecule has 0 bridgehead atoms. The summed E-state index contributed by atoms with van der Waals surface area (Å²) in [5.74, 6) is 6.10. The van der Waals surface area contributed by atoms with Crippen LogP contribution in [0.2, 0.25) is 0 Å². The number of hydrogen-bond donors (Lipinski definition) is 1. The van der Waals surface area contributed by atoms with E-state index in [-0.39, 0.29) is 6.10 Å². The lowest BCUT2D eigenvalue weighted by Crippen LogP contribution is -2.36. The predicted octanol–water partition coefficient (Wildman–Crippen LogP) is 3.55. The smallest absolute Gasteiger partial charge is 0.0977 e. The van der Waals surface area contributed by atoms with Gasteiger partial charge in [0.15, 0.2) is 0 Å². The van der Waals surface area contributed by atoms with Crippen LogP contribution in [-0.2, 0) is 4.74 Å². The molecule has 0 saturated carbocycles. The molecule has 2 atom stereocenters. The van der Waals surface area contributed by atoms with E-state index < -0.39 is 0 Å². The summed E-state index contributed by atoms with van der Waals surface area (Å²) in [6.45, 7) is 7.73. The van der Waals surface area contributed by atoms with Crippen molar-refractivity contribution in [2.24, 2.45) is 0 Å². The highest BCUT2D eigenvalue weighted by molar-refractivity contribution is 5.19. The molecule has 0 saturated heterocycles. The fraction of sp³-hybridized carbons (Fsp3) is 0.529. The minimum absolute atomic E-state index is 0.102. The summed E-state index contributed by atoms with van der Waals surface area (Å²) >= 11 is 0. The molecule has 1 aromatic carbocycles. The number of likely N-dealkylation sites (N-methyl/N-ethyl adjacent to an activating group) is 1. The molecule has 0 fully saturated rings. The van der Waals surface area contributed by atoms with Crippen molar-refractivity contribution in [2.75, 3.05) is 13.2 Å². The van der Waals surface area contributed by atoms with Gasteiger partial charge in [-0.15, -0.1) is 11.8 Å². The third-order valence-electron chi connectivity index (χ3n) is 3.06. The van der Waals surface area contributed by atoms with Crippen LogP contribution in [0.4, 0.5) is 0 Å². The summed E-state index contributed by atoms with van der Waals surface area (Å²) < 4.78 is 5.96. The van der Waals surface area contributed by atoms with E-state index in [1.165, 1.54) is 5.56 Å². The van der Waals surface area contributed by atoms with E-state index >= 15 is 0 Å². The summed E-state index contributed by atoms with van der Waals surface area (Å²) in [6, 6.07) is 10.8. The lowest BCUT2D eigenvalue weighted by atomic mass is 9.98. The van der Waals surface area contributed by atoms with Gasteiger partial charge in [-0.05, 0) is 32.4 Å². The van der Waals surface area contributed by atoms with E-state index in [1.54, 1.807) is 0 Å². The Hall–Kier alpha value is -1.30. The first kappa shape index (κ1) is 15.8. The van der Waals surface area contributed by atoms with E-state index in [2.05, 4.69) is 48.3 Å². The molecule has 2 nitrogen and oxygen atoms in total. The quantitative estimate of drug-likeness (QED) is 0.721. The van der Waals surface area contributed by atoms with Crippen LogP contribution in [0.5, 0.6) is 0 Å². The van der Waals surface area contributed by atoms with Crippen LogP contribution in [0.15, 0.2) is 30.3 Å². The summed E-state index contributed by atoms with van der Waals surface area (Å²) in [6.07, 6.45) is 2.02. The predicted molar refractivity (Wildman–Crippen MR) is 81.0 cm³/mol. The molecule has 0 aromatic heterocycles. The maximum atomic E-state index is 5.96. The molecule has 1 N–H and O–H groups in total. The van der Waals surface area contributed by atoms with Crippen molar-refractivity contribution >= 4 is 0 Å². The number of hydrogen-bond acceptors (Lipinski definition) is 2. The van der Waals surface area contributed by atoms with Crippen LogP contribution in [0.3, 0.4) is 0 Å². The standard InChI is InChI=1S/C17H25NO/c1-4-7-9-14-16(18-5-2)17(19-6-3)15-12-10-8-11-13-15/h8,10-13,16-18H,5-6,9,14H2,1-3H3. The molecule has 0 aliphatic rings. The van der Waals surface area contributed by atoms with Crippen LogP contribution in [-0.4, -0.2) is 19.2 Å². The van der Waals surface area contributed by atoms with Gasteiger partial charge < -0.3 is 10.1 Å². The van der Waals surface area contributed by atoms with E-state index in [9.17, 15) is 0 Å². The summed E-state index contributed by atoms with van der Waals surface area (Å²) in [7, 11) is 0. The highest BCUT2D eigenvalue weighted by atomic mass is 16.5.